The van der Waals surface area contributed by atoms with Crippen molar-refractivity contribution in [3.63, 3.8) is 0 Å². The fraction of sp³-hybridized carbons (Fsp3) is 0.850. The van der Waals surface area contributed by atoms with Crippen molar-refractivity contribution in [2.75, 3.05) is 0 Å². The molecule has 3 aliphatic carbocycles. The highest BCUT2D eigenvalue weighted by Crippen LogP contribution is 2.65. The molecule has 3 saturated carbocycles. The van der Waals surface area contributed by atoms with Gasteiger partial charge in [0.15, 0.2) is 0 Å². The van der Waals surface area contributed by atoms with Gasteiger partial charge in [-0.3, -0.25) is 4.68 Å². The summed E-state index contributed by atoms with van der Waals surface area (Å²) >= 11 is 0. The average molecular weight is 344 g/mol. The van der Waals surface area contributed by atoms with E-state index in [1.165, 1.54) is 18.5 Å². The Morgan fingerprint density at radius 2 is 2.04 bits per heavy atom. The standard InChI is InChI=1S/C20H33BN2O2/c1-13(2)16-8-10-23(22-16)14(3)7-9-21-24-18-12-15-11-17(19(15,4)5)20(18,6)25-21/h8,10,13-15,17-18H,7,9,11-12H2,1-6H3/t14?,15-,17-,18+,20-/m0/s1. The Kier molecular flexibility index (Phi) is 4.12. The molecule has 4 nitrogen and oxygen atoms in total. The molecule has 2 bridgehead atoms. The molecular weight excluding hydrogens is 311 g/mol. The maximum atomic E-state index is 6.52. The molecule has 5 rings (SSSR count). The summed E-state index contributed by atoms with van der Waals surface area (Å²) in [6.07, 6.45) is 6.86. The molecule has 0 N–H and O–H groups in total. The monoisotopic (exact) mass is 344 g/mol. The van der Waals surface area contributed by atoms with Gasteiger partial charge in [-0.25, -0.2) is 0 Å². The number of hydrogen-bond acceptors (Lipinski definition) is 3. The molecule has 0 spiro atoms. The molecule has 0 radical (unpaired) electrons. The molecule has 5 atom stereocenters. The third-order valence-corrected chi connectivity index (χ3v) is 7.49. The quantitative estimate of drug-likeness (QED) is 0.727. The number of aromatic nitrogens is 2. The fourth-order valence-corrected chi connectivity index (χ4v) is 5.49. The van der Waals surface area contributed by atoms with Crippen LogP contribution in [0.4, 0.5) is 0 Å². The van der Waals surface area contributed by atoms with E-state index < -0.39 is 0 Å². The molecular formula is C20H33BN2O2. The minimum Gasteiger partial charge on any atom is -0.405 e. The average Bonchev–Trinajstić information content (AvgIpc) is 3.15. The van der Waals surface area contributed by atoms with Crippen molar-refractivity contribution in [2.24, 2.45) is 17.3 Å². The zero-order valence-electron chi connectivity index (χ0n) is 16.7. The topological polar surface area (TPSA) is 36.3 Å². The number of hydrogen-bond donors (Lipinski definition) is 0. The summed E-state index contributed by atoms with van der Waals surface area (Å²) in [4.78, 5) is 0. The molecule has 1 aromatic rings. The highest BCUT2D eigenvalue weighted by atomic mass is 16.7. The van der Waals surface area contributed by atoms with E-state index in [1.54, 1.807) is 0 Å². The van der Waals surface area contributed by atoms with Crippen LogP contribution in [0.15, 0.2) is 12.3 Å². The first-order chi connectivity index (χ1) is 11.7. The van der Waals surface area contributed by atoms with Gasteiger partial charge in [-0.1, -0.05) is 27.7 Å². The van der Waals surface area contributed by atoms with Gasteiger partial charge < -0.3 is 9.31 Å². The SMILES string of the molecule is CC(C)c1ccn(C(C)CCB2O[C@@H]3C[C@@H]4C[C@@H](C4(C)C)[C@]3(C)O2)n1. The van der Waals surface area contributed by atoms with Crippen molar-refractivity contribution >= 4 is 7.12 Å². The van der Waals surface area contributed by atoms with E-state index >= 15 is 0 Å². The summed E-state index contributed by atoms with van der Waals surface area (Å²) in [5, 5.41) is 4.71. The maximum absolute atomic E-state index is 6.52. The molecule has 1 aliphatic heterocycles. The summed E-state index contributed by atoms with van der Waals surface area (Å²) in [6, 6.07) is 2.51. The lowest BCUT2D eigenvalue weighted by Crippen LogP contribution is -2.65. The summed E-state index contributed by atoms with van der Waals surface area (Å²) in [5.41, 5.74) is 1.50. The van der Waals surface area contributed by atoms with Gasteiger partial charge in [0, 0.05) is 12.2 Å². The van der Waals surface area contributed by atoms with Gasteiger partial charge >= 0.3 is 7.12 Å². The van der Waals surface area contributed by atoms with Crippen LogP contribution in [0.2, 0.25) is 6.32 Å². The fourth-order valence-electron chi connectivity index (χ4n) is 5.49. The minimum atomic E-state index is -0.0807. The van der Waals surface area contributed by atoms with Gasteiger partial charge in [-0.2, -0.15) is 5.10 Å². The van der Waals surface area contributed by atoms with Gasteiger partial charge in [0.1, 0.15) is 0 Å². The van der Waals surface area contributed by atoms with Crippen LogP contribution in [-0.2, 0) is 9.31 Å². The van der Waals surface area contributed by atoms with Gasteiger partial charge in [-0.15, -0.1) is 0 Å². The molecule has 0 amide bonds. The van der Waals surface area contributed by atoms with Crippen LogP contribution in [0.25, 0.3) is 0 Å². The second-order valence-corrected chi connectivity index (χ2v) is 9.70. The van der Waals surface area contributed by atoms with Crippen molar-refractivity contribution in [1.82, 2.24) is 9.78 Å². The van der Waals surface area contributed by atoms with E-state index in [0.29, 0.717) is 29.4 Å². The molecule has 138 valence electrons. The van der Waals surface area contributed by atoms with Crippen LogP contribution in [-0.4, -0.2) is 28.6 Å². The smallest absolute Gasteiger partial charge is 0.405 e. The number of nitrogens with zero attached hydrogens (tertiary/aromatic N) is 2. The molecule has 1 saturated heterocycles. The van der Waals surface area contributed by atoms with E-state index in [2.05, 4.69) is 58.5 Å². The summed E-state index contributed by atoms with van der Waals surface area (Å²) in [6.45, 7) is 13.7. The molecule has 1 unspecified atom stereocenters. The highest BCUT2D eigenvalue weighted by molar-refractivity contribution is 6.45. The van der Waals surface area contributed by atoms with E-state index in [0.717, 1.165) is 18.7 Å². The second-order valence-electron chi connectivity index (χ2n) is 9.70. The molecule has 0 aromatic carbocycles. The lowest BCUT2D eigenvalue weighted by atomic mass is 9.43. The van der Waals surface area contributed by atoms with Crippen LogP contribution in [0.5, 0.6) is 0 Å². The normalized spacial score (nSPS) is 37.1. The zero-order valence-corrected chi connectivity index (χ0v) is 16.7. The molecule has 4 aliphatic rings. The minimum absolute atomic E-state index is 0.0484. The summed E-state index contributed by atoms with van der Waals surface area (Å²) in [5.74, 6) is 1.94. The van der Waals surface area contributed by atoms with E-state index in [9.17, 15) is 0 Å². The van der Waals surface area contributed by atoms with Crippen molar-refractivity contribution in [2.45, 2.75) is 90.8 Å². The van der Waals surface area contributed by atoms with Crippen LogP contribution in [0, 0.1) is 17.3 Å². The van der Waals surface area contributed by atoms with Crippen LogP contribution >= 0.6 is 0 Å². The largest absolute Gasteiger partial charge is 0.457 e. The van der Waals surface area contributed by atoms with Crippen molar-refractivity contribution < 1.29 is 9.31 Å². The van der Waals surface area contributed by atoms with Crippen molar-refractivity contribution in [3.8, 4) is 0 Å². The molecule has 25 heavy (non-hydrogen) atoms. The van der Waals surface area contributed by atoms with Gasteiger partial charge in [0.25, 0.3) is 0 Å². The third kappa shape index (κ3) is 2.69. The Hall–Kier alpha value is -0.805. The summed E-state index contributed by atoms with van der Waals surface area (Å²) in [7, 11) is -0.0484. The Labute approximate surface area is 152 Å². The van der Waals surface area contributed by atoms with E-state index in [4.69, 9.17) is 14.4 Å². The predicted molar refractivity (Wildman–Crippen MR) is 101 cm³/mol. The maximum Gasteiger partial charge on any atom is 0.457 e. The van der Waals surface area contributed by atoms with Crippen LogP contribution < -0.4 is 0 Å². The summed E-state index contributed by atoms with van der Waals surface area (Å²) < 4.78 is 15.0. The molecule has 1 aromatic heterocycles. The lowest BCUT2D eigenvalue weighted by molar-refractivity contribution is -0.199. The van der Waals surface area contributed by atoms with Crippen molar-refractivity contribution in [1.29, 1.82) is 0 Å². The highest BCUT2D eigenvalue weighted by Gasteiger charge is 2.67. The van der Waals surface area contributed by atoms with Crippen molar-refractivity contribution in [3.05, 3.63) is 18.0 Å². The Balaban J connectivity index is 1.35. The van der Waals surface area contributed by atoms with Gasteiger partial charge in [-0.05, 0) is 68.7 Å². The Morgan fingerprint density at radius 3 is 2.68 bits per heavy atom. The lowest BCUT2D eigenvalue weighted by Gasteiger charge is -2.64. The Bertz CT molecular complexity index is 643. The van der Waals surface area contributed by atoms with Crippen LogP contribution in [0.3, 0.4) is 0 Å². The first-order valence-electron chi connectivity index (χ1n) is 10.1. The first kappa shape index (κ1) is 17.6. The third-order valence-electron chi connectivity index (χ3n) is 7.49. The predicted octanol–water partition coefficient (Wildman–Crippen LogP) is 4.69. The van der Waals surface area contributed by atoms with Gasteiger partial charge in [0.05, 0.1) is 17.4 Å². The van der Waals surface area contributed by atoms with Crippen LogP contribution in [0.1, 0.15) is 78.5 Å². The second kappa shape index (κ2) is 5.85. The van der Waals surface area contributed by atoms with E-state index in [1.807, 2.05) is 0 Å². The first-order valence-corrected chi connectivity index (χ1v) is 10.1. The zero-order chi connectivity index (χ0) is 18.0. The molecule has 5 heteroatoms. The Morgan fingerprint density at radius 1 is 1.28 bits per heavy atom. The molecule has 2 heterocycles. The van der Waals surface area contributed by atoms with Gasteiger partial charge in [0.2, 0.25) is 0 Å². The number of rotatable bonds is 5. The molecule has 4 fully saturated rings. The van der Waals surface area contributed by atoms with E-state index in [-0.39, 0.29) is 12.7 Å².